The number of carbonyl (C=O) groups excluding carboxylic acids is 1. The topological polar surface area (TPSA) is 30.2 Å². The maximum atomic E-state index is 12.2. The summed E-state index contributed by atoms with van der Waals surface area (Å²) in [5.41, 5.74) is 1.62. The van der Waals surface area contributed by atoms with E-state index in [1.54, 1.807) is 11.5 Å². The molecule has 2 rings (SSSR count). The summed E-state index contributed by atoms with van der Waals surface area (Å²) in [5.74, 6) is 0.375. The lowest BCUT2D eigenvalue weighted by molar-refractivity contribution is -0.578. The lowest BCUT2D eigenvalue weighted by Crippen LogP contribution is -2.36. The number of thioether (sulfide) groups is 1. The third kappa shape index (κ3) is 4.64. The van der Waals surface area contributed by atoms with E-state index in [0.717, 1.165) is 5.75 Å². The van der Waals surface area contributed by atoms with Gasteiger partial charge in [-0.3, -0.25) is 0 Å². The molecule has 0 radical (unpaired) electrons. The Morgan fingerprint density at radius 2 is 1.77 bits per heavy atom. The molecule has 0 aliphatic carbocycles. The summed E-state index contributed by atoms with van der Waals surface area (Å²) in [5, 5.41) is 0. The second-order valence-electron chi connectivity index (χ2n) is 4.43. The normalized spacial score (nSPS) is 11.7. The van der Waals surface area contributed by atoms with Crippen molar-refractivity contribution in [1.82, 2.24) is 0 Å². The summed E-state index contributed by atoms with van der Waals surface area (Å²) in [4.78, 5) is 12.2. The van der Waals surface area contributed by atoms with Gasteiger partial charge < -0.3 is 4.74 Å². The predicted molar refractivity (Wildman–Crippen MR) is 93.2 cm³/mol. The van der Waals surface area contributed by atoms with Crippen molar-refractivity contribution < 1.29 is 14.1 Å². The molecule has 3 nitrogen and oxygen atoms in total. The maximum Gasteiger partial charge on any atom is 0.405 e. The first kappa shape index (κ1) is 16.6. The van der Waals surface area contributed by atoms with Gasteiger partial charge in [0.1, 0.15) is 4.24 Å². The van der Waals surface area contributed by atoms with Crippen LogP contribution in [0.5, 0.6) is 0 Å². The predicted octanol–water partition coefficient (Wildman–Crippen LogP) is 3.53. The van der Waals surface area contributed by atoms with Gasteiger partial charge in [-0.15, -0.1) is 24.4 Å². The molecule has 5 heteroatoms. The number of thiol groups is 1. The highest BCUT2D eigenvalue weighted by Gasteiger charge is 2.25. The smallest absolute Gasteiger partial charge is 0.405 e. The minimum atomic E-state index is -0.371. The van der Waals surface area contributed by atoms with E-state index in [1.807, 2.05) is 60.9 Å². The number of hydrogen-bond acceptors (Lipinski definition) is 4. The maximum absolute atomic E-state index is 12.2. The summed E-state index contributed by atoms with van der Waals surface area (Å²) in [6.07, 6.45) is 3.62. The second kappa shape index (κ2) is 8.66. The van der Waals surface area contributed by atoms with Crippen LogP contribution in [0, 0.1) is 0 Å². The molecular formula is C17H18NO2S2+. The summed E-state index contributed by atoms with van der Waals surface area (Å²) in [6, 6.07) is 15.7. The van der Waals surface area contributed by atoms with Crippen molar-refractivity contribution in [2.45, 2.75) is 12.7 Å². The third-order valence-corrected chi connectivity index (χ3v) is 4.41. The first-order chi connectivity index (χ1) is 10.7. The number of ether oxygens (including phenoxy) is 1. The number of carbonyl (C=O) groups is 1. The van der Waals surface area contributed by atoms with Crippen LogP contribution in [-0.4, -0.2) is 12.6 Å². The van der Waals surface area contributed by atoms with Gasteiger partial charge in [0, 0.05) is 17.9 Å². The molecule has 0 unspecified atom stereocenters. The zero-order chi connectivity index (χ0) is 15.8. The SMILES string of the molecule is CCOC(=O)/C(=C(/S)SCc1ccccc1)[n+]1ccccc1. The molecule has 0 N–H and O–H groups in total. The fraction of sp³-hybridized carbons (Fsp3) is 0.176. The van der Waals surface area contributed by atoms with Gasteiger partial charge in [-0.1, -0.05) is 36.4 Å². The Morgan fingerprint density at radius 3 is 2.41 bits per heavy atom. The quantitative estimate of drug-likeness (QED) is 0.380. The molecule has 0 atom stereocenters. The van der Waals surface area contributed by atoms with Crippen LogP contribution in [0.25, 0.3) is 5.70 Å². The summed E-state index contributed by atoms with van der Waals surface area (Å²) < 4.78 is 7.52. The molecule has 0 saturated heterocycles. The van der Waals surface area contributed by atoms with E-state index in [4.69, 9.17) is 4.74 Å². The lowest BCUT2D eigenvalue weighted by Gasteiger charge is -2.06. The Bertz CT molecular complexity index is 642. The van der Waals surface area contributed by atoms with Gasteiger partial charge in [-0.2, -0.15) is 4.57 Å². The van der Waals surface area contributed by atoms with Crippen LogP contribution in [0.4, 0.5) is 0 Å². The number of rotatable bonds is 6. The van der Waals surface area contributed by atoms with Crippen molar-refractivity contribution in [2.75, 3.05) is 6.61 Å². The minimum Gasteiger partial charge on any atom is -0.458 e. The van der Waals surface area contributed by atoms with Crippen molar-refractivity contribution in [3.8, 4) is 0 Å². The zero-order valence-corrected chi connectivity index (χ0v) is 14.0. The molecule has 1 aromatic carbocycles. The highest BCUT2D eigenvalue weighted by Crippen LogP contribution is 2.28. The number of nitrogens with zero attached hydrogens (tertiary/aromatic N) is 1. The Morgan fingerprint density at radius 1 is 1.14 bits per heavy atom. The minimum absolute atomic E-state index is 0.333. The van der Waals surface area contributed by atoms with Crippen LogP contribution >= 0.6 is 24.4 Å². The molecule has 1 heterocycles. The molecule has 1 aromatic heterocycles. The van der Waals surface area contributed by atoms with E-state index in [-0.39, 0.29) is 5.97 Å². The van der Waals surface area contributed by atoms with Crippen LogP contribution in [0.3, 0.4) is 0 Å². The largest absolute Gasteiger partial charge is 0.458 e. The molecular weight excluding hydrogens is 314 g/mol. The van der Waals surface area contributed by atoms with Crippen LogP contribution in [-0.2, 0) is 15.3 Å². The molecule has 2 aromatic rings. The van der Waals surface area contributed by atoms with E-state index in [1.165, 1.54) is 17.3 Å². The van der Waals surface area contributed by atoms with Crippen LogP contribution in [0.2, 0.25) is 0 Å². The summed E-state index contributed by atoms with van der Waals surface area (Å²) in [7, 11) is 0. The van der Waals surface area contributed by atoms with Gasteiger partial charge in [0.25, 0.3) is 0 Å². The van der Waals surface area contributed by atoms with Crippen molar-refractivity contribution >= 4 is 36.1 Å². The van der Waals surface area contributed by atoms with Gasteiger partial charge >= 0.3 is 11.7 Å². The monoisotopic (exact) mass is 332 g/mol. The van der Waals surface area contributed by atoms with E-state index >= 15 is 0 Å². The number of esters is 1. The third-order valence-electron chi connectivity index (χ3n) is 2.86. The number of benzene rings is 1. The van der Waals surface area contributed by atoms with Crippen molar-refractivity contribution in [2.24, 2.45) is 0 Å². The first-order valence-electron chi connectivity index (χ1n) is 6.96. The van der Waals surface area contributed by atoms with Crippen LogP contribution in [0.15, 0.2) is 65.2 Å². The molecule has 114 valence electrons. The van der Waals surface area contributed by atoms with Gasteiger partial charge in [0.15, 0.2) is 12.4 Å². The molecule has 22 heavy (non-hydrogen) atoms. The Kier molecular flexibility index (Phi) is 6.55. The molecule has 0 aliphatic heterocycles. The fourth-order valence-corrected chi connectivity index (χ4v) is 3.07. The molecule has 0 spiro atoms. The van der Waals surface area contributed by atoms with Crippen molar-refractivity contribution in [3.63, 3.8) is 0 Å². The van der Waals surface area contributed by atoms with Crippen LogP contribution < -0.4 is 4.57 Å². The zero-order valence-electron chi connectivity index (χ0n) is 12.3. The summed E-state index contributed by atoms with van der Waals surface area (Å²) in [6.45, 7) is 2.13. The van der Waals surface area contributed by atoms with Gasteiger partial charge in [0.2, 0.25) is 0 Å². The van der Waals surface area contributed by atoms with E-state index in [0.29, 0.717) is 16.5 Å². The number of pyridine rings is 1. The average molecular weight is 332 g/mol. The number of aromatic nitrogens is 1. The molecule has 0 saturated carbocycles. The second-order valence-corrected chi connectivity index (χ2v) is 6.17. The molecule has 0 bridgehead atoms. The van der Waals surface area contributed by atoms with Crippen molar-refractivity contribution in [1.29, 1.82) is 0 Å². The highest BCUT2D eigenvalue weighted by atomic mass is 32.2. The Balaban J connectivity index is 2.24. The molecule has 0 fully saturated rings. The van der Waals surface area contributed by atoms with E-state index in [9.17, 15) is 4.79 Å². The van der Waals surface area contributed by atoms with E-state index in [2.05, 4.69) is 12.6 Å². The molecule has 0 amide bonds. The van der Waals surface area contributed by atoms with Gasteiger partial charge in [-0.05, 0) is 12.5 Å². The average Bonchev–Trinajstić information content (AvgIpc) is 2.55. The lowest BCUT2D eigenvalue weighted by atomic mass is 10.2. The molecule has 0 aliphatic rings. The van der Waals surface area contributed by atoms with Gasteiger partial charge in [0.05, 0.1) is 6.61 Å². The van der Waals surface area contributed by atoms with Crippen LogP contribution in [0.1, 0.15) is 12.5 Å². The first-order valence-corrected chi connectivity index (χ1v) is 8.39. The number of hydrogen-bond donors (Lipinski definition) is 1. The Hall–Kier alpha value is -1.72. The van der Waals surface area contributed by atoms with E-state index < -0.39 is 0 Å². The van der Waals surface area contributed by atoms with Gasteiger partial charge in [-0.25, -0.2) is 4.79 Å². The standard InChI is InChI=1S/C17H17NO2S2/c1-2-20-16(19)15(18-11-7-4-8-12-18)17(21)22-13-14-9-5-3-6-10-14/h3-12H,2,13H2,1H3/p+1. The highest BCUT2D eigenvalue weighted by molar-refractivity contribution is 8.15. The fourth-order valence-electron chi connectivity index (χ4n) is 1.84. The summed E-state index contributed by atoms with van der Waals surface area (Å²) >= 11 is 6.03. The Labute approximate surface area is 140 Å². The van der Waals surface area contributed by atoms with Crippen molar-refractivity contribution in [3.05, 3.63) is 70.7 Å².